The van der Waals surface area contributed by atoms with Crippen LogP contribution in [0.25, 0.3) is 10.8 Å². The zero-order valence-electron chi connectivity index (χ0n) is 15.2. The summed E-state index contributed by atoms with van der Waals surface area (Å²) in [6.45, 7) is 4.07. The van der Waals surface area contributed by atoms with Gasteiger partial charge in [0.05, 0.1) is 36.0 Å². The molecule has 138 valence electrons. The monoisotopic (exact) mass is 366 g/mol. The van der Waals surface area contributed by atoms with E-state index in [4.69, 9.17) is 14.2 Å². The molecule has 7 nitrogen and oxygen atoms in total. The number of ether oxygens (including phenoxy) is 3. The Hall–Kier alpha value is -3.35. The number of pyridine rings is 2. The summed E-state index contributed by atoms with van der Waals surface area (Å²) in [6, 6.07) is 7.34. The van der Waals surface area contributed by atoms with Crippen molar-refractivity contribution < 1.29 is 19.0 Å². The predicted molar refractivity (Wildman–Crippen MR) is 98.5 cm³/mol. The van der Waals surface area contributed by atoms with E-state index in [-0.39, 0.29) is 12.4 Å². The summed E-state index contributed by atoms with van der Waals surface area (Å²) in [4.78, 5) is 29.6. The smallest absolute Gasteiger partial charge is 0.340 e. The van der Waals surface area contributed by atoms with Crippen molar-refractivity contribution in [2.45, 2.75) is 20.4 Å². The van der Waals surface area contributed by atoms with Crippen LogP contribution in [0.1, 0.15) is 27.3 Å². The highest BCUT2D eigenvalue weighted by Crippen LogP contribution is 2.32. The van der Waals surface area contributed by atoms with E-state index in [1.54, 1.807) is 30.7 Å². The molecule has 0 N–H and O–H groups in total. The third-order valence-corrected chi connectivity index (χ3v) is 4.67. The van der Waals surface area contributed by atoms with Crippen molar-refractivity contribution in [3.8, 4) is 11.5 Å². The first kappa shape index (κ1) is 17.1. The summed E-state index contributed by atoms with van der Waals surface area (Å²) in [5.74, 6) is 0.864. The molecule has 1 aliphatic rings. The number of aromatic nitrogens is 2. The summed E-state index contributed by atoms with van der Waals surface area (Å²) in [7, 11) is 1.31. The lowest BCUT2D eigenvalue weighted by atomic mass is 10.0. The molecule has 0 saturated heterocycles. The van der Waals surface area contributed by atoms with Gasteiger partial charge in [-0.05, 0) is 37.6 Å². The molecular formula is C20H18N2O5. The highest BCUT2D eigenvalue weighted by Gasteiger charge is 2.20. The third-order valence-electron chi connectivity index (χ3n) is 4.67. The first-order valence-corrected chi connectivity index (χ1v) is 8.47. The maximum atomic E-state index is 13.1. The highest BCUT2D eigenvalue weighted by molar-refractivity contribution is 6.05. The lowest BCUT2D eigenvalue weighted by molar-refractivity contribution is 0.0601. The second kappa shape index (κ2) is 6.42. The largest absolute Gasteiger partial charge is 0.465 e. The van der Waals surface area contributed by atoms with Gasteiger partial charge in [0.25, 0.3) is 5.56 Å². The number of hydrogen-bond acceptors (Lipinski definition) is 6. The Kier molecular flexibility index (Phi) is 4.07. The number of hydrogen-bond donors (Lipinski definition) is 0. The van der Waals surface area contributed by atoms with Crippen LogP contribution in [0.4, 0.5) is 0 Å². The number of fused-ring (bicyclic) bond motifs is 2. The van der Waals surface area contributed by atoms with E-state index < -0.39 is 5.97 Å². The third kappa shape index (κ3) is 2.81. The average molecular weight is 366 g/mol. The minimum atomic E-state index is -0.502. The van der Waals surface area contributed by atoms with E-state index in [1.807, 2.05) is 18.2 Å². The second-order valence-electron chi connectivity index (χ2n) is 6.37. The maximum Gasteiger partial charge on any atom is 0.340 e. The normalized spacial score (nSPS) is 12.4. The van der Waals surface area contributed by atoms with E-state index >= 15 is 0 Å². The Morgan fingerprint density at radius 3 is 2.74 bits per heavy atom. The summed E-state index contributed by atoms with van der Waals surface area (Å²) in [5.41, 5.74) is 2.15. The fraction of sp³-hybridized carbons (Fsp3) is 0.250. The Bertz CT molecular complexity index is 1130. The molecule has 3 aromatic rings. The lowest BCUT2D eigenvalue weighted by Crippen LogP contribution is -2.22. The van der Waals surface area contributed by atoms with Crippen molar-refractivity contribution >= 4 is 16.7 Å². The summed E-state index contributed by atoms with van der Waals surface area (Å²) in [6.07, 6.45) is 1.68. The molecule has 1 aliphatic heterocycles. The standard InChI is InChI=1S/C20H18N2O5/c1-11-17-14(18(12(2)21-11)20(24)25-3)6-7-22(19(17)23)9-13-4-5-15-16(8-13)27-10-26-15/h4-8H,9-10H2,1-3H3. The molecule has 0 radical (unpaired) electrons. The molecule has 0 atom stereocenters. The number of methoxy groups -OCH3 is 1. The molecule has 0 unspecified atom stereocenters. The van der Waals surface area contributed by atoms with E-state index in [9.17, 15) is 9.59 Å². The zero-order chi connectivity index (χ0) is 19.1. The van der Waals surface area contributed by atoms with Crippen LogP contribution >= 0.6 is 0 Å². The molecule has 0 aliphatic carbocycles. The second-order valence-corrected chi connectivity index (χ2v) is 6.37. The van der Waals surface area contributed by atoms with Gasteiger partial charge in [-0.1, -0.05) is 6.07 Å². The number of rotatable bonds is 3. The van der Waals surface area contributed by atoms with Crippen LogP contribution in [-0.2, 0) is 11.3 Å². The molecule has 3 heterocycles. The Morgan fingerprint density at radius 1 is 1.19 bits per heavy atom. The maximum absolute atomic E-state index is 13.1. The molecule has 1 aromatic carbocycles. The van der Waals surface area contributed by atoms with Crippen molar-refractivity contribution in [1.29, 1.82) is 0 Å². The van der Waals surface area contributed by atoms with Crippen LogP contribution in [-0.4, -0.2) is 29.4 Å². The average Bonchev–Trinajstić information content (AvgIpc) is 3.11. The van der Waals surface area contributed by atoms with Crippen LogP contribution in [0.3, 0.4) is 0 Å². The van der Waals surface area contributed by atoms with Gasteiger partial charge in [0.1, 0.15) is 0 Å². The zero-order valence-corrected chi connectivity index (χ0v) is 15.2. The van der Waals surface area contributed by atoms with Crippen LogP contribution in [0.2, 0.25) is 0 Å². The van der Waals surface area contributed by atoms with E-state index in [2.05, 4.69) is 4.98 Å². The van der Waals surface area contributed by atoms with Gasteiger partial charge >= 0.3 is 5.97 Å². The van der Waals surface area contributed by atoms with Crippen LogP contribution < -0.4 is 15.0 Å². The molecular weight excluding hydrogens is 348 g/mol. The highest BCUT2D eigenvalue weighted by atomic mass is 16.7. The minimum Gasteiger partial charge on any atom is -0.465 e. The summed E-state index contributed by atoms with van der Waals surface area (Å²) >= 11 is 0. The van der Waals surface area contributed by atoms with E-state index in [0.29, 0.717) is 45.8 Å². The minimum absolute atomic E-state index is 0.204. The molecule has 0 fully saturated rings. The number of carbonyl (C=O) groups excluding carboxylic acids is 1. The molecule has 0 spiro atoms. The van der Waals surface area contributed by atoms with Gasteiger partial charge in [0.2, 0.25) is 6.79 Å². The Morgan fingerprint density at radius 2 is 1.96 bits per heavy atom. The van der Waals surface area contributed by atoms with E-state index in [0.717, 1.165) is 5.56 Å². The van der Waals surface area contributed by atoms with Gasteiger partial charge < -0.3 is 18.8 Å². The van der Waals surface area contributed by atoms with Gasteiger partial charge in [-0.3, -0.25) is 9.78 Å². The van der Waals surface area contributed by atoms with Crippen molar-refractivity contribution in [2.75, 3.05) is 13.9 Å². The first-order chi connectivity index (χ1) is 13.0. The number of benzene rings is 1. The fourth-order valence-corrected chi connectivity index (χ4v) is 3.41. The molecule has 4 rings (SSSR count). The van der Waals surface area contributed by atoms with Crippen molar-refractivity contribution in [1.82, 2.24) is 9.55 Å². The molecule has 7 heteroatoms. The van der Waals surface area contributed by atoms with Gasteiger partial charge in [-0.2, -0.15) is 0 Å². The topological polar surface area (TPSA) is 79.7 Å². The quantitative estimate of drug-likeness (QED) is 0.663. The van der Waals surface area contributed by atoms with Gasteiger partial charge in [0.15, 0.2) is 11.5 Å². The van der Waals surface area contributed by atoms with Gasteiger partial charge in [-0.25, -0.2) is 4.79 Å². The molecule has 2 aromatic heterocycles. The number of carbonyl (C=O) groups is 1. The summed E-state index contributed by atoms with van der Waals surface area (Å²) in [5, 5.41) is 0.975. The van der Waals surface area contributed by atoms with Crippen LogP contribution in [0.5, 0.6) is 11.5 Å². The van der Waals surface area contributed by atoms with Crippen LogP contribution in [0.15, 0.2) is 35.3 Å². The van der Waals surface area contributed by atoms with Crippen molar-refractivity contribution in [2.24, 2.45) is 0 Å². The number of aryl methyl sites for hydroxylation is 2. The lowest BCUT2D eigenvalue weighted by Gasteiger charge is -2.13. The molecule has 0 amide bonds. The SMILES string of the molecule is COC(=O)c1c(C)nc(C)c2c(=O)n(Cc3ccc4c(c3)OCO4)ccc12. The predicted octanol–water partition coefficient (Wildman–Crippen LogP) is 2.58. The number of nitrogens with zero attached hydrogens (tertiary/aromatic N) is 2. The fourth-order valence-electron chi connectivity index (χ4n) is 3.41. The van der Waals surface area contributed by atoms with Crippen molar-refractivity contribution in [3.63, 3.8) is 0 Å². The molecule has 0 bridgehead atoms. The van der Waals surface area contributed by atoms with Crippen LogP contribution in [0, 0.1) is 13.8 Å². The first-order valence-electron chi connectivity index (χ1n) is 8.47. The van der Waals surface area contributed by atoms with Gasteiger partial charge in [-0.15, -0.1) is 0 Å². The number of esters is 1. The Balaban J connectivity index is 1.83. The molecule has 0 saturated carbocycles. The Labute approximate surface area is 155 Å². The van der Waals surface area contributed by atoms with Crippen molar-refractivity contribution in [3.05, 3.63) is 63.3 Å². The summed E-state index contributed by atoms with van der Waals surface area (Å²) < 4.78 is 17.2. The van der Waals surface area contributed by atoms with E-state index in [1.165, 1.54) is 7.11 Å². The van der Waals surface area contributed by atoms with Gasteiger partial charge in [0, 0.05) is 11.6 Å². The molecule has 27 heavy (non-hydrogen) atoms.